The highest BCUT2D eigenvalue weighted by molar-refractivity contribution is 7.17. The first-order chi connectivity index (χ1) is 16.4. The smallest absolute Gasteiger partial charge is 0.435 e. The summed E-state index contributed by atoms with van der Waals surface area (Å²) in [6.45, 7) is 7.26. The van der Waals surface area contributed by atoms with Crippen molar-refractivity contribution in [3.63, 3.8) is 0 Å². The van der Waals surface area contributed by atoms with Crippen molar-refractivity contribution in [1.82, 2.24) is 15.0 Å². The fraction of sp³-hybridized carbons (Fsp3) is 0.250. The van der Waals surface area contributed by atoms with Crippen LogP contribution in [-0.4, -0.2) is 32.6 Å². The van der Waals surface area contributed by atoms with E-state index in [1.807, 2.05) is 0 Å². The molecule has 2 aromatic heterocycles. The van der Waals surface area contributed by atoms with Gasteiger partial charge in [-0.05, 0) is 18.6 Å². The first kappa shape index (κ1) is 24.2. The molecule has 1 aliphatic rings. The molecule has 35 heavy (non-hydrogen) atoms. The minimum atomic E-state index is -4.96. The molecule has 0 amide bonds. The van der Waals surface area contributed by atoms with E-state index in [1.165, 1.54) is 6.07 Å². The van der Waals surface area contributed by atoms with Gasteiger partial charge in [-0.2, -0.15) is 26.3 Å². The maximum atomic E-state index is 13.3. The van der Waals surface area contributed by atoms with Crippen molar-refractivity contribution in [3.05, 3.63) is 63.3 Å². The number of anilines is 3. The molecule has 0 saturated heterocycles. The highest BCUT2D eigenvalue weighted by Gasteiger charge is 2.40. The van der Waals surface area contributed by atoms with Gasteiger partial charge in [0.15, 0.2) is 16.5 Å². The Morgan fingerprint density at radius 3 is 2.51 bits per heavy atom. The second-order valence-electron chi connectivity index (χ2n) is 7.25. The zero-order valence-electron chi connectivity index (χ0n) is 17.2. The fourth-order valence-electron chi connectivity index (χ4n) is 3.54. The zero-order valence-corrected chi connectivity index (χ0v) is 18.0. The third-order valence-corrected chi connectivity index (χ3v) is 6.05. The van der Waals surface area contributed by atoms with E-state index in [-0.39, 0.29) is 36.1 Å². The van der Waals surface area contributed by atoms with Crippen LogP contribution in [0.15, 0.2) is 24.5 Å². The number of thiazole rings is 1. The van der Waals surface area contributed by atoms with Gasteiger partial charge in [-0.25, -0.2) is 24.6 Å². The lowest BCUT2D eigenvalue weighted by atomic mass is 10.0. The van der Waals surface area contributed by atoms with Gasteiger partial charge in [-0.15, -0.1) is 0 Å². The van der Waals surface area contributed by atoms with Crippen molar-refractivity contribution in [2.24, 2.45) is 0 Å². The molecule has 0 radical (unpaired) electrons. The summed E-state index contributed by atoms with van der Waals surface area (Å²) in [7, 11) is 0. The second kappa shape index (κ2) is 8.69. The summed E-state index contributed by atoms with van der Waals surface area (Å²) in [5.74, 6) is -1.65. The third-order valence-electron chi connectivity index (χ3n) is 5.09. The van der Waals surface area contributed by atoms with Crippen LogP contribution < -0.4 is 10.2 Å². The average molecular weight is 514 g/mol. The summed E-state index contributed by atoms with van der Waals surface area (Å²) in [5, 5.41) is 11.3. The maximum absolute atomic E-state index is 13.3. The first-order valence-electron chi connectivity index (χ1n) is 9.63. The number of carbonyl (C=O) groups is 1. The number of benzene rings is 1. The predicted octanol–water partition coefficient (Wildman–Crippen LogP) is 5.53. The fourth-order valence-corrected chi connectivity index (χ4v) is 4.36. The number of carboxylic acid groups (broad SMARTS) is 1. The summed E-state index contributed by atoms with van der Waals surface area (Å²) in [6, 6.07) is 3.38. The molecule has 3 aromatic rings. The number of rotatable bonds is 4. The van der Waals surface area contributed by atoms with Gasteiger partial charge in [0.05, 0.1) is 24.4 Å². The number of fused-ring (bicyclic) bond motifs is 1. The molecule has 8 nitrogen and oxygen atoms in total. The molecule has 1 aliphatic heterocycles. The van der Waals surface area contributed by atoms with E-state index in [0.717, 1.165) is 18.5 Å². The largest absolute Gasteiger partial charge is 0.477 e. The zero-order chi connectivity index (χ0) is 25.5. The Kier molecular flexibility index (Phi) is 6.01. The second-order valence-corrected chi connectivity index (χ2v) is 8.25. The van der Waals surface area contributed by atoms with Crippen LogP contribution in [0.1, 0.15) is 32.2 Å². The van der Waals surface area contributed by atoms with Crippen molar-refractivity contribution in [2.75, 3.05) is 16.8 Å². The summed E-state index contributed by atoms with van der Waals surface area (Å²) in [4.78, 5) is 26.3. The Morgan fingerprint density at radius 2 is 1.91 bits per heavy atom. The molecule has 0 unspecified atom stereocenters. The lowest BCUT2D eigenvalue weighted by Crippen LogP contribution is -2.32. The van der Waals surface area contributed by atoms with Gasteiger partial charge in [-0.3, -0.25) is 0 Å². The minimum Gasteiger partial charge on any atom is -0.477 e. The van der Waals surface area contributed by atoms with Crippen LogP contribution in [0.4, 0.5) is 48.7 Å². The number of nitrogens with zero attached hydrogens (tertiary/aromatic N) is 5. The molecule has 4 rings (SSSR count). The number of nitrogens with one attached hydrogen (secondary N) is 1. The van der Waals surface area contributed by atoms with Gasteiger partial charge in [0.1, 0.15) is 17.0 Å². The monoisotopic (exact) mass is 514 g/mol. The number of aromatic carboxylic acids is 1. The summed E-state index contributed by atoms with van der Waals surface area (Å²) >= 11 is 0.301. The number of aromatic nitrogens is 3. The predicted molar refractivity (Wildman–Crippen MR) is 112 cm³/mol. The van der Waals surface area contributed by atoms with Crippen LogP contribution in [0.25, 0.3) is 4.85 Å². The molecule has 1 aromatic carbocycles. The molecular weight excluding hydrogens is 502 g/mol. The van der Waals surface area contributed by atoms with E-state index < -0.39 is 40.1 Å². The Bertz CT molecular complexity index is 1350. The highest BCUT2D eigenvalue weighted by Crippen LogP contribution is 2.40. The number of hydrogen-bond donors (Lipinski definition) is 2. The normalized spacial score (nSPS) is 13.8. The quantitative estimate of drug-likeness (QED) is 0.349. The number of carboxylic acids is 1. The molecule has 182 valence electrons. The molecule has 2 N–H and O–H groups in total. The molecule has 3 heterocycles. The summed E-state index contributed by atoms with van der Waals surface area (Å²) < 4.78 is 79.4. The lowest BCUT2D eigenvalue weighted by Gasteiger charge is -2.31. The Balaban J connectivity index is 1.62. The van der Waals surface area contributed by atoms with Crippen LogP contribution in [-0.2, 0) is 25.3 Å². The highest BCUT2D eigenvalue weighted by atomic mass is 32.1. The van der Waals surface area contributed by atoms with E-state index in [4.69, 9.17) is 11.7 Å². The number of alkyl halides is 6. The van der Waals surface area contributed by atoms with E-state index >= 15 is 0 Å². The van der Waals surface area contributed by atoms with Gasteiger partial charge in [0, 0.05) is 17.8 Å². The maximum Gasteiger partial charge on any atom is 0.435 e. The standard InChI is InChI=1S/C20H12F6N6O2S/c1-27-12-3-2-9(6-11(12)19(21,22)23)32-5-4-10-13(7-32)28-8-29-16(10)31-18-30-15(20(24,25)26)14(35-18)17(33)34/h2-3,6,8H,4-5,7H2,(H,33,34)(H,28,29,30,31). The molecule has 0 aliphatic carbocycles. The van der Waals surface area contributed by atoms with Crippen LogP contribution >= 0.6 is 11.3 Å². The first-order valence-corrected chi connectivity index (χ1v) is 10.4. The molecular formula is C20H12F6N6O2S. The summed E-state index contributed by atoms with van der Waals surface area (Å²) in [6.07, 6.45) is -8.31. The average Bonchev–Trinajstić information content (AvgIpc) is 3.23. The van der Waals surface area contributed by atoms with Gasteiger partial charge in [0.2, 0.25) is 0 Å². The lowest BCUT2D eigenvalue weighted by molar-refractivity contribution is -0.141. The Morgan fingerprint density at radius 1 is 1.17 bits per heavy atom. The van der Waals surface area contributed by atoms with E-state index in [1.54, 1.807) is 4.90 Å². The van der Waals surface area contributed by atoms with Crippen molar-refractivity contribution in [3.8, 4) is 0 Å². The molecule has 15 heteroatoms. The van der Waals surface area contributed by atoms with Crippen LogP contribution in [0.5, 0.6) is 0 Å². The molecule has 0 saturated carbocycles. The number of hydrogen-bond acceptors (Lipinski definition) is 7. The van der Waals surface area contributed by atoms with Gasteiger partial charge in [0.25, 0.3) is 0 Å². The Labute approximate surface area is 196 Å². The van der Waals surface area contributed by atoms with Crippen LogP contribution in [0.2, 0.25) is 0 Å². The Hall–Kier alpha value is -3.93. The van der Waals surface area contributed by atoms with E-state index in [0.29, 0.717) is 22.6 Å². The van der Waals surface area contributed by atoms with Crippen molar-refractivity contribution in [1.29, 1.82) is 0 Å². The van der Waals surface area contributed by atoms with Crippen molar-refractivity contribution >= 4 is 39.6 Å². The van der Waals surface area contributed by atoms with Crippen LogP contribution in [0, 0.1) is 6.57 Å². The minimum absolute atomic E-state index is 0.0766. The third kappa shape index (κ3) is 4.83. The van der Waals surface area contributed by atoms with E-state index in [9.17, 15) is 31.1 Å². The van der Waals surface area contributed by atoms with E-state index in [2.05, 4.69) is 25.1 Å². The topological polar surface area (TPSA) is 95.6 Å². The van der Waals surface area contributed by atoms with Crippen LogP contribution in [0.3, 0.4) is 0 Å². The van der Waals surface area contributed by atoms with Crippen molar-refractivity contribution < 1.29 is 36.2 Å². The molecule has 0 atom stereocenters. The number of halogens is 6. The molecule has 0 bridgehead atoms. The SMILES string of the molecule is [C-]#[N+]c1ccc(N2CCc3c(ncnc3Nc3nc(C(F)(F)F)c(C(=O)O)s3)C2)cc1C(F)(F)F. The van der Waals surface area contributed by atoms with Gasteiger partial charge in [-0.1, -0.05) is 17.4 Å². The summed E-state index contributed by atoms with van der Waals surface area (Å²) in [5.41, 5.74) is -1.95. The van der Waals surface area contributed by atoms with Crippen molar-refractivity contribution in [2.45, 2.75) is 25.3 Å². The molecule has 0 spiro atoms. The van der Waals surface area contributed by atoms with Gasteiger partial charge >= 0.3 is 18.3 Å². The molecule has 0 fully saturated rings. The van der Waals surface area contributed by atoms with Gasteiger partial charge < -0.3 is 15.3 Å².